The molecule has 0 heterocycles. The van der Waals surface area contributed by atoms with Gasteiger partial charge in [0.15, 0.2) is 0 Å². The van der Waals surface area contributed by atoms with Crippen molar-refractivity contribution in [3.63, 3.8) is 0 Å². The fourth-order valence-corrected chi connectivity index (χ4v) is 3.55. The van der Waals surface area contributed by atoms with Gasteiger partial charge in [-0.1, -0.05) is 0 Å². The zero-order valence-corrected chi connectivity index (χ0v) is 14.4. The van der Waals surface area contributed by atoms with E-state index >= 15 is 0 Å². The van der Waals surface area contributed by atoms with Crippen LogP contribution in [-0.2, 0) is 0 Å². The molecule has 23 heavy (non-hydrogen) atoms. The first-order valence-electron chi connectivity index (χ1n) is 7.46. The third-order valence-corrected chi connectivity index (χ3v) is 4.58. The zero-order valence-electron chi connectivity index (χ0n) is 12.6. The molecule has 3 aromatic rings. The van der Waals surface area contributed by atoms with Gasteiger partial charge in [0.2, 0.25) is 0 Å². The van der Waals surface area contributed by atoms with Gasteiger partial charge in [-0.15, -0.1) is 0 Å². The molecule has 3 aromatic carbocycles. The van der Waals surface area contributed by atoms with E-state index < -0.39 is 0 Å². The third-order valence-electron chi connectivity index (χ3n) is 3.37. The summed E-state index contributed by atoms with van der Waals surface area (Å²) in [6, 6.07) is 31.2. The summed E-state index contributed by atoms with van der Waals surface area (Å²) >= 11 is 0.136. The zero-order chi connectivity index (χ0) is 15.7. The van der Waals surface area contributed by atoms with Crippen molar-refractivity contribution in [1.29, 1.82) is 0 Å². The molecule has 0 spiro atoms. The summed E-state index contributed by atoms with van der Waals surface area (Å²) in [5, 5.41) is 0. The topological polar surface area (TPSA) is 0 Å². The van der Waals surface area contributed by atoms with E-state index in [-0.39, 0.29) is 15.0 Å². The summed E-state index contributed by atoms with van der Waals surface area (Å²) in [7, 11) is 0. The van der Waals surface area contributed by atoms with Crippen LogP contribution in [0.25, 0.3) is 5.57 Å². The Bertz CT molecular complexity index is 781. The average Bonchev–Trinajstić information content (AvgIpc) is 2.64. The van der Waals surface area contributed by atoms with Crippen LogP contribution in [0.1, 0.15) is 16.7 Å². The molecule has 0 bridgehead atoms. The van der Waals surface area contributed by atoms with Crippen LogP contribution in [0, 0.1) is 10.7 Å². The average molecular weight is 359 g/mol. The second kappa shape index (κ2) is 8.20. The van der Waals surface area contributed by atoms with Crippen LogP contribution in [0.15, 0.2) is 96.0 Å². The normalized spacial score (nSPS) is 9.57. The second-order valence-electron chi connectivity index (χ2n) is 4.97. The molecule has 1 heteroatoms. The Morgan fingerprint density at radius 2 is 1.13 bits per heavy atom. The van der Waals surface area contributed by atoms with Gasteiger partial charge in [0.25, 0.3) is 0 Å². The number of hydrogen-bond donors (Lipinski definition) is 0. The molecule has 0 unspecified atom stereocenters. The Morgan fingerprint density at radius 3 is 1.65 bits per heavy atom. The van der Waals surface area contributed by atoms with E-state index in [2.05, 4.69) is 64.2 Å². The molecular formula is C22H16Se. The number of benzene rings is 3. The van der Waals surface area contributed by atoms with Crippen molar-refractivity contribution in [2.24, 2.45) is 0 Å². The molecule has 0 atom stereocenters. The van der Waals surface area contributed by atoms with Crippen molar-refractivity contribution in [2.75, 3.05) is 0 Å². The van der Waals surface area contributed by atoms with Gasteiger partial charge in [0.05, 0.1) is 0 Å². The predicted molar refractivity (Wildman–Crippen MR) is 99.0 cm³/mol. The van der Waals surface area contributed by atoms with E-state index in [1.807, 2.05) is 42.5 Å². The molecule has 0 aliphatic rings. The molecule has 0 nitrogen and oxygen atoms in total. The molecule has 0 saturated carbocycles. The van der Waals surface area contributed by atoms with Gasteiger partial charge in [-0.05, 0) is 0 Å². The van der Waals surface area contributed by atoms with Crippen molar-refractivity contribution in [3.05, 3.63) is 113 Å². The van der Waals surface area contributed by atoms with Gasteiger partial charge >= 0.3 is 144 Å². The fraction of sp³-hybridized carbons (Fsp3) is 0. The number of hydrogen-bond acceptors (Lipinski definition) is 0. The summed E-state index contributed by atoms with van der Waals surface area (Å²) in [5.41, 5.74) is 4.81. The maximum atomic E-state index is 3.31. The molecule has 0 radical (unpaired) electrons. The van der Waals surface area contributed by atoms with E-state index in [0.29, 0.717) is 0 Å². The Morgan fingerprint density at radius 1 is 0.652 bits per heavy atom. The van der Waals surface area contributed by atoms with E-state index in [1.165, 1.54) is 16.7 Å². The molecule has 110 valence electrons. The van der Waals surface area contributed by atoms with E-state index in [9.17, 15) is 0 Å². The van der Waals surface area contributed by atoms with E-state index in [1.54, 1.807) is 0 Å². The Balaban J connectivity index is 1.86. The molecule has 0 amide bonds. The van der Waals surface area contributed by atoms with Crippen molar-refractivity contribution in [1.82, 2.24) is 0 Å². The van der Waals surface area contributed by atoms with E-state index in [4.69, 9.17) is 0 Å². The molecule has 0 N–H and O–H groups in total. The molecule has 0 saturated heterocycles. The first-order valence-corrected chi connectivity index (χ1v) is 9.31. The van der Waals surface area contributed by atoms with Crippen molar-refractivity contribution in [2.45, 2.75) is 0 Å². The Kier molecular flexibility index (Phi) is 5.48. The Labute approximate surface area is 144 Å². The van der Waals surface area contributed by atoms with Crippen LogP contribution in [0.5, 0.6) is 0 Å². The van der Waals surface area contributed by atoms with Gasteiger partial charge in [-0.2, -0.15) is 0 Å². The standard InChI is InChI=1S/C22H16Se/c1-4-10-19(11-5-1)16-17-23-18-22(20-12-6-2-7-13-20)21-14-8-3-9-15-21/h1-15,18H. The van der Waals surface area contributed by atoms with Gasteiger partial charge in [-0.3, -0.25) is 0 Å². The van der Waals surface area contributed by atoms with Crippen LogP contribution in [0.4, 0.5) is 0 Å². The SMILES string of the molecule is C(#Cc1ccccc1)[Se]C=C(c1ccccc1)c1ccccc1. The molecule has 0 aliphatic carbocycles. The van der Waals surface area contributed by atoms with Crippen molar-refractivity contribution in [3.8, 4) is 10.7 Å². The minimum atomic E-state index is 0.136. The van der Waals surface area contributed by atoms with Gasteiger partial charge in [0.1, 0.15) is 0 Å². The van der Waals surface area contributed by atoms with Crippen LogP contribution >= 0.6 is 0 Å². The molecule has 0 aliphatic heterocycles. The van der Waals surface area contributed by atoms with Crippen LogP contribution in [0.3, 0.4) is 0 Å². The first-order chi connectivity index (χ1) is 11.4. The summed E-state index contributed by atoms with van der Waals surface area (Å²) in [5.74, 6) is 3.24. The molecule has 3 rings (SSSR count). The maximum absolute atomic E-state index is 3.31. The molecule has 0 aromatic heterocycles. The first kappa shape index (κ1) is 15.4. The summed E-state index contributed by atoms with van der Waals surface area (Å²) in [4.78, 5) is 5.58. The monoisotopic (exact) mass is 360 g/mol. The van der Waals surface area contributed by atoms with Crippen molar-refractivity contribution >= 4 is 20.5 Å². The van der Waals surface area contributed by atoms with Crippen LogP contribution in [0.2, 0.25) is 0 Å². The summed E-state index contributed by atoms with van der Waals surface area (Å²) in [6.45, 7) is 0. The summed E-state index contributed by atoms with van der Waals surface area (Å²) < 4.78 is 0. The molecule has 0 fully saturated rings. The molecular weight excluding hydrogens is 343 g/mol. The predicted octanol–water partition coefficient (Wildman–Crippen LogP) is 4.79. The number of rotatable bonds is 3. The van der Waals surface area contributed by atoms with Crippen molar-refractivity contribution < 1.29 is 0 Å². The summed E-state index contributed by atoms with van der Waals surface area (Å²) in [6.07, 6.45) is 0. The quantitative estimate of drug-likeness (QED) is 0.466. The third kappa shape index (κ3) is 4.47. The fourth-order valence-electron chi connectivity index (χ4n) is 2.24. The van der Waals surface area contributed by atoms with Crippen LogP contribution < -0.4 is 0 Å². The minimum absolute atomic E-state index is 0.136. The van der Waals surface area contributed by atoms with Crippen LogP contribution in [-0.4, -0.2) is 15.0 Å². The van der Waals surface area contributed by atoms with E-state index in [0.717, 1.165) is 5.56 Å². The van der Waals surface area contributed by atoms with Gasteiger partial charge in [-0.25, -0.2) is 0 Å². The second-order valence-corrected chi connectivity index (χ2v) is 6.39. The van der Waals surface area contributed by atoms with Gasteiger partial charge < -0.3 is 0 Å². The van der Waals surface area contributed by atoms with Gasteiger partial charge in [0, 0.05) is 0 Å². The Hall–Kier alpha value is -2.52.